The van der Waals surface area contributed by atoms with E-state index in [-0.39, 0.29) is 6.61 Å². The van der Waals surface area contributed by atoms with Gasteiger partial charge in [0.1, 0.15) is 0 Å². The van der Waals surface area contributed by atoms with Gasteiger partial charge in [0.05, 0.1) is 0 Å². The molecule has 2 aromatic rings. The quantitative estimate of drug-likeness (QED) is 0.869. The average molecular weight is 230 g/mol. The maximum Gasteiger partial charge on any atom is 0.0471 e. The molecule has 0 spiro atoms. The first-order chi connectivity index (χ1) is 7.88. The Kier molecular flexibility index (Phi) is 4.03. The maximum atomic E-state index is 8.82. The standard InChI is InChI=1S/C14H14OS/c15-11-10-12-6-8-14(9-7-12)16-13-4-2-1-3-5-13/h1-9,15H,10-11H2. The lowest BCUT2D eigenvalue weighted by Gasteiger charge is -2.03. The molecule has 2 aromatic carbocycles. The summed E-state index contributed by atoms with van der Waals surface area (Å²) in [6.07, 6.45) is 0.732. The van der Waals surface area contributed by atoms with Crippen LogP contribution in [0.5, 0.6) is 0 Å². The lowest BCUT2D eigenvalue weighted by atomic mass is 10.2. The van der Waals surface area contributed by atoms with Crippen molar-refractivity contribution in [2.24, 2.45) is 0 Å². The van der Waals surface area contributed by atoms with Crippen LogP contribution in [0.3, 0.4) is 0 Å². The van der Waals surface area contributed by atoms with Crippen molar-refractivity contribution in [3.8, 4) is 0 Å². The summed E-state index contributed by atoms with van der Waals surface area (Å²) >= 11 is 1.75. The third kappa shape index (κ3) is 3.12. The zero-order valence-electron chi connectivity index (χ0n) is 8.97. The third-order valence-corrected chi connectivity index (χ3v) is 3.32. The summed E-state index contributed by atoms with van der Waals surface area (Å²) in [5.74, 6) is 0. The van der Waals surface area contributed by atoms with E-state index in [0.717, 1.165) is 6.42 Å². The Morgan fingerprint density at radius 1 is 0.812 bits per heavy atom. The van der Waals surface area contributed by atoms with Gasteiger partial charge in [-0.05, 0) is 36.2 Å². The summed E-state index contributed by atoms with van der Waals surface area (Å²) in [5, 5.41) is 8.82. The van der Waals surface area contributed by atoms with E-state index in [2.05, 4.69) is 36.4 Å². The Morgan fingerprint density at radius 3 is 2.06 bits per heavy atom. The number of hydrogen-bond acceptors (Lipinski definition) is 2. The minimum Gasteiger partial charge on any atom is -0.396 e. The number of benzene rings is 2. The summed E-state index contributed by atoms with van der Waals surface area (Å²) in [6.45, 7) is 0.213. The van der Waals surface area contributed by atoms with Crippen molar-refractivity contribution in [1.82, 2.24) is 0 Å². The fraction of sp³-hybridized carbons (Fsp3) is 0.143. The van der Waals surface area contributed by atoms with Gasteiger partial charge in [-0.25, -0.2) is 0 Å². The Bertz CT molecular complexity index is 422. The normalized spacial score (nSPS) is 10.3. The van der Waals surface area contributed by atoms with E-state index in [1.807, 2.05) is 18.2 Å². The maximum absolute atomic E-state index is 8.82. The largest absolute Gasteiger partial charge is 0.396 e. The first-order valence-corrected chi connectivity index (χ1v) is 6.13. The third-order valence-electron chi connectivity index (χ3n) is 2.30. The van der Waals surface area contributed by atoms with E-state index in [4.69, 9.17) is 5.11 Å². The zero-order chi connectivity index (χ0) is 11.2. The van der Waals surface area contributed by atoms with E-state index >= 15 is 0 Å². The minimum absolute atomic E-state index is 0.213. The van der Waals surface area contributed by atoms with Crippen molar-refractivity contribution >= 4 is 11.8 Å². The molecule has 2 rings (SSSR count). The number of rotatable bonds is 4. The van der Waals surface area contributed by atoms with Crippen LogP contribution in [0, 0.1) is 0 Å². The molecule has 1 nitrogen and oxygen atoms in total. The van der Waals surface area contributed by atoms with Crippen LogP contribution in [0.1, 0.15) is 5.56 Å². The molecular formula is C14H14OS. The van der Waals surface area contributed by atoms with Gasteiger partial charge < -0.3 is 5.11 Å². The molecule has 0 heterocycles. The van der Waals surface area contributed by atoms with Crippen molar-refractivity contribution < 1.29 is 5.11 Å². The minimum atomic E-state index is 0.213. The van der Waals surface area contributed by atoms with Gasteiger partial charge in [0.2, 0.25) is 0 Å². The van der Waals surface area contributed by atoms with Gasteiger partial charge in [-0.2, -0.15) is 0 Å². The molecule has 0 atom stereocenters. The predicted molar refractivity (Wildman–Crippen MR) is 67.8 cm³/mol. The highest BCUT2D eigenvalue weighted by Gasteiger charge is 1.97. The molecular weight excluding hydrogens is 216 g/mol. The van der Waals surface area contributed by atoms with Crippen LogP contribution >= 0.6 is 11.8 Å². The Labute approximate surface area is 100 Å². The molecule has 0 saturated heterocycles. The van der Waals surface area contributed by atoms with Crippen LogP contribution in [0.2, 0.25) is 0 Å². The van der Waals surface area contributed by atoms with Crippen molar-refractivity contribution in [2.45, 2.75) is 16.2 Å². The average Bonchev–Trinajstić information content (AvgIpc) is 2.33. The van der Waals surface area contributed by atoms with Gasteiger partial charge in [-0.3, -0.25) is 0 Å². The molecule has 0 aliphatic heterocycles. The summed E-state index contributed by atoms with van der Waals surface area (Å²) < 4.78 is 0. The van der Waals surface area contributed by atoms with Crippen LogP contribution in [-0.4, -0.2) is 11.7 Å². The van der Waals surface area contributed by atoms with Crippen molar-refractivity contribution in [2.75, 3.05) is 6.61 Å². The molecule has 0 aliphatic carbocycles. The monoisotopic (exact) mass is 230 g/mol. The van der Waals surface area contributed by atoms with Gasteiger partial charge in [0, 0.05) is 16.4 Å². The summed E-state index contributed by atoms with van der Waals surface area (Å²) in [5.41, 5.74) is 1.18. The molecule has 0 bridgehead atoms. The van der Waals surface area contributed by atoms with Gasteiger partial charge in [-0.1, -0.05) is 42.1 Å². The fourth-order valence-corrected chi connectivity index (χ4v) is 2.32. The molecule has 0 saturated carbocycles. The second-order valence-electron chi connectivity index (χ2n) is 3.53. The SMILES string of the molecule is OCCc1ccc(Sc2ccccc2)cc1. The van der Waals surface area contributed by atoms with Crippen LogP contribution in [0.4, 0.5) is 0 Å². The lowest BCUT2D eigenvalue weighted by molar-refractivity contribution is 0.299. The van der Waals surface area contributed by atoms with Crippen molar-refractivity contribution in [3.63, 3.8) is 0 Å². The van der Waals surface area contributed by atoms with Crippen LogP contribution in [0.25, 0.3) is 0 Å². The number of aliphatic hydroxyl groups is 1. The summed E-state index contributed by atoms with van der Waals surface area (Å²) in [7, 11) is 0. The van der Waals surface area contributed by atoms with Crippen LogP contribution in [0.15, 0.2) is 64.4 Å². The molecule has 0 aromatic heterocycles. The smallest absolute Gasteiger partial charge is 0.0471 e. The second-order valence-corrected chi connectivity index (χ2v) is 4.68. The molecule has 16 heavy (non-hydrogen) atoms. The summed E-state index contributed by atoms with van der Waals surface area (Å²) in [4.78, 5) is 2.48. The second kappa shape index (κ2) is 5.73. The number of aliphatic hydroxyl groups excluding tert-OH is 1. The van der Waals surface area contributed by atoms with Gasteiger partial charge in [-0.15, -0.1) is 0 Å². The molecule has 0 aliphatic rings. The molecule has 2 heteroatoms. The van der Waals surface area contributed by atoms with E-state index in [1.54, 1.807) is 11.8 Å². The van der Waals surface area contributed by atoms with E-state index in [1.165, 1.54) is 15.4 Å². The fourth-order valence-electron chi connectivity index (χ4n) is 1.48. The predicted octanol–water partition coefficient (Wildman–Crippen LogP) is 3.37. The highest BCUT2D eigenvalue weighted by molar-refractivity contribution is 7.99. The van der Waals surface area contributed by atoms with Gasteiger partial charge >= 0.3 is 0 Å². The molecule has 0 fully saturated rings. The van der Waals surface area contributed by atoms with Gasteiger partial charge in [0.15, 0.2) is 0 Å². The first-order valence-electron chi connectivity index (χ1n) is 5.31. The Morgan fingerprint density at radius 2 is 1.44 bits per heavy atom. The molecule has 82 valence electrons. The van der Waals surface area contributed by atoms with Crippen LogP contribution < -0.4 is 0 Å². The van der Waals surface area contributed by atoms with E-state index < -0.39 is 0 Å². The molecule has 0 unspecified atom stereocenters. The van der Waals surface area contributed by atoms with Crippen molar-refractivity contribution in [1.29, 1.82) is 0 Å². The first kappa shape index (κ1) is 11.2. The van der Waals surface area contributed by atoms with Crippen molar-refractivity contribution in [3.05, 3.63) is 60.2 Å². The highest BCUT2D eigenvalue weighted by Crippen LogP contribution is 2.27. The Hall–Kier alpha value is -1.25. The molecule has 0 radical (unpaired) electrons. The topological polar surface area (TPSA) is 20.2 Å². The van der Waals surface area contributed by atoms with Gasteiger partial charge in [0.25, 0.3) is 0 Å². The zero-order valence-corrected chi connectivity index (χ0v) is 9.78. The number of hydrogen-bond donors (Lipinski definition) is 1. The molecule has 0 amide bonds. The lowest BCUT2D eigenvalue weighted by Crippen LogP contribution is -1.89. The molecule has 1 N–H and O–H groups in total. The Balaban J connectivity index is 2.05. The van der Waals surface area contributed by atoms with Crippen LogP contribution in [-0.2, 0) is 6.42 Å². The van der Waals surface area contributed by atoms with E-state index in [9.17, 15) is 0 Å². The highest BCUT2D eigenvalue weighted by atomic mass is 32.2. The summed E-state index contributed by atoms with van der Waals surface area (Å²) in [6, 6.07) is 18.7. The van der Waals surface area contributed by atoms with E-state index in [0.29, 0.717) is 0 Å².